The minimum absolute atomic E-state index is 0.0958. The highest BCUT2D eigenvalue weighted by Gasteiger charge is 2.18. The van der Waals surface area contributed by atoms with Crippen molar-refractivity contribution >= 4 is 0 Å². The summed E-state index contributed by atoms with van der Waals surface area (Å²) in [5, 5.41) is 22.6. The van der Waals surface area contributed by atoms with Gasteiger partial charge in [0.1, 0.15) is 11.5 Å². The van der Waals surface area contributed by atoms with E-state index < -0.39 is 6.10 Å². The molecular weight excluding hydrogens is 258 g/mol. The lowest BCUT2D eigenvalue weighted by Crippen LogP contribution is -2.34. The first kappa shape index (κ1) is 16.8. The first-order valence-electron chi connectivity index (χ1n) is 6.65. The Morgan fingerprint density at radius 1 is 1.25 bits per heavy atom. The van der Waals surface area contributed by atoms with Gasteiger partial charge in [-0.25, -0.2) is 0 Å². The Kier molecular flexibility index (Phi) is 6.26. The third-order valence-corrected chi connectivity index (χ3v) is 3.17. The van der Waals surface area contributed by atoms with Crippen molar-refractivity contribution < 1.29 is 19.7 Å². The monoisotopic (exact) mass is 283 g/mol. The lowest BCUT2D eigenvalue weighted by molar-refractivity contribution is 0.137. The van der Waals surface area contributed by atoms with Gasteiger partial charge in [0.2, 0.25) is 0 Å². The standard InChI is InChI=1S/C15H25NO4/c1-15(2,10-17)9-16-8-13(18)12-7-11(19-3)5-6-14(12)20-4/h5-7,13,16-18H,8-10H2,1-4H3. The van der Waals surface area contributed by atoms with Crippen LogP contribution >= 0.6 is 0 Å². The Morgan fingerprint density at radius 3 is 2.50 bits per heavy atom. The minimum Gasteiger partial charge on any atom is -0.497 e. The zero-order valence-electron chi connectivity index (χ0n) is 12.6. The zero-order chi connectivity index (χ0) is 15.2. The van der Waals surface area contributed by atoms with Crippen LogP contribution in [-0.2, 0) is 0 Å². The SMILES string of the molecule is COc1ccc(OC)c(C(O)CNCC(C)(C)CO)c1. The molecule has 1 unspecified atom stereocenters. The van der Waals surface area contributed by atoms with E-state index in [0.717, 1.165) is 0 Å². The molecule has 0 saturated carbocycles. The van der Waals surface area contributed by atoms with Gasteiger partial charge in [-0.1, -0.05) is 13.8 Å². The molecule has 0 fully saturated rings. The summed E-state index contributed by atoms with van der Waals surface area (Å²) in [7, 11) is 3.15. The third-order valence-electron chi connectivity index (χ3n) is 3.17. The molecule has 0 saturated heterocycles. The fourth-order valence-corrected chi connectivity index (χ4v) is 1.81. The highest BCUT2D eigenvalue weighted by atomic mass is 16.5. The van der Waals surface area contributed by atoms with Crippen LogP contribution < -0.4 is 14.8 Å². The van der Waals surface area contributed by atoms with Gasteiger partial charge in [0, 0.05) is 30.7 Å². The van der Waals surface area contributed by atoms with Crippen molar-refractivity contribution in [3.63, 3.8) is 0 Å². The maximum absolute atomic E-state index is 10.3. The van der Waals surface area contributed by atoms with E-state index >= 15 is 0 Å². The van der Waals surface area contributed by atoms with E-state index in [1.54, 1.807) is 32.4 Å². The molecule has 1 rings (SSSR count). The quantitative estimate of drug-likeness (QED) is 0.672. The molecule has 20 heavy (non-hydrogen) atoms. The zero-order valence-corrected chi connectivity index (χ0v) is 12.6. The van der Waals surface area contributed by atoms with Crippen molar-refractivity contribution in [3.05, 3.63) is 23.8 Å². The van der Waals surface area contributed by atoms with Crippen LogP contribution in [0.1, 0.15) is 25.5 Å². The molecule has 3 N–H and O–H groups in total. The van der Waals surface area contributed by atoms with Crippen LogP contribution in [0.4, 0.5) is 0 Å². The molecule has 0 aromatic heterocycles. The molecule has 0 aliphatic carbocycles. The molecule has 5 heteroatoms. The second-order valence-corrected chi connectivity index (χ2v) is 5.58. The normalized spacial score (nSPS) is 13.1. The largest absolute Gasteiger partial charge is 0.497 e. The Morgan fingerprint density at radius 2 is 1.95 bits per heavy atom. The van der Waals surface area contributed by atoms with Gasteiger partial charge in [-0.3, -0.25) is 0 Å². The molecule has 114 valence electrons. The van der Waals surface area contributed by atoms with Crippen LogP contribution in [-0.4, -0.2) is 44.1 Å². The molecule has 1 aromatic rings. The number of rotatable bonds is 8. The summed E-state index contributed by atoms with van der Waals surface area (Å²) < 4.78 is 10.4. The predicted molar refractivity (Wildman–Crippen MR) is 78.2 cm³/mol. The second kappa shape index (κ2) is 7.47. The van der Waals surface area contributed by atoms with E-state index in [4.69, 9.17) is 9.47 Å². The van der Waals surface area contributed by atoms with Crippen molar-refractivity contribution in [2.45, 2.75) is 20.0 Å². The van der Waals surface area contributed by atoms with Crippen LogP contribution in [0.3, 0.4) is 0 Å². The van der Waals surface area contributed by atoms with Crippen LogP contribution in [0.25, 0.3) is 0 Å². The minimum atomic E-state index is -0.699. The molecule has 1 atom stereocenters. The fourth-order valence-electron chi connectivity index (χ4n) is 1.81. The van der Waals surface area contributed by atoms with Crippen LogP contribution in [0.2, 0.25) is 0 Å². The number of nitrogens with one attached hydrogen (secondary N) is 1. The molecule has 5 nitrogen and oxygen atoms in total. The molecule has 0 bridgehead atoms. The summed E-state index contributed by atoms with van der Waals surface area (Å²) in [6.45, 7) is 5.01. The number of methoxy groups -OCH3 is 2. The number of hydrogen-bond acceptors (Lipinski definition) is 5. The van der Waals surface area contributed by atoms with Crippen LogP contribution in [0, 0.1) is 5.41 Å². The maximum Gasteiger partial charge on any atom is 0.124 e. The smallest absolute Gasteiger partial charge is 0.124 e. The Balaban J connectivity index is 2.69. The van der Waals surface area contributed by atoms with E-state index in [1.807, 2.05) is 13.8 Å². The topological polar surface area (TPSA) is 71.0 Å². The summed E-state index contributed by atoms with van der Waals surface area (Å²) in [5.74, 6) is 1.30. The van der Waals surface area contributed by atoms with Crippen molar-refractivity contribution in [2.24, 2.45) is 5.41 Å². The number of ether oxygens (including phenoxy) is 2. The summed E-state index contributed by atoms with van der Waals surface area (Å²) in [6, 6.07) is 5.33. The molecule has 0 aliphatic rings. The van der Waals surface area contributed by atoms with Gasteiger partial charge < -0.3 is 25.0 Å². The highest BCUT2D eigenvalue weighted by Crippen LogP contribution is 2.29. The number of aliphatic hydroxyl groups is 2. The first-order chi connectivity index (χ1) is 9.43. The molecule has 0 amide bonds. The van der Waals surface area contributed by atoms with E-state index in [-0.39, 0.29) is 12.0 Å². The molecule has 0 heterocycles. The molecule has 0 spiro atoms. The second-order valence-electron chi connectivity index (χ2n) is 5.58. The van der Waals surface area contributed by atoms with E-state index in [0.29, 0.717) is 30.2 Å². The third kappa shape index (κ3) is 4.67. The van der Waals surface area contributed by atoms with Gasteiger partial charge in [0.15, 0.2) is 0 Å². The number of aliphatic hydroxyl groups excluding tert-OH is 2. The summed E-state index contributed by atoms with van der Waals surface area (Å²) in [5.41, 5.74) is 0.471. The average Bonchev–Trinajstić information content (AvgIpc) is 2.46. The summed E-state index contributed by atoms with van der Waals surface area (Å²) >= 11 is 0. The van der Waals surface area contributed by atoms with Crippen LogP contribution in [0.15, 0.2) is 18.2 Å². The first-order valence-corrected chi connectivity index (χ1v) is 6.65. The predicted octanol–water partition coefficient (Wildman–Crippen LogP) is 1.35. The molecule has 1 aromatic carbocycles. The Bertz CT molecular complexity index is 420. The molecule has 0 aliphatic heterocycles. The van der Waals surface area contributed by atoms with E-state index in [9.17, 15) is 10.2 Å². The summed E-state index contributed by atoms with van der Waals surface area (Å²) in [6.07, 6.45) is -0.699. The van der Waals surface area contributed by atoms with Gasteiger partial charge in [-0.15, -0.1) is 0 Å². The van der Waals surface area contributed by atoms with Gasteiger partial charge in [-0.05, 0) is 18.2 Å². The summed E-state index contributed by atoms with van der Waals surface area (Å²) in [4.78, 5) is 0. The van der Waals surface area contributed by atoms with Crippen molar-refractivity contribution in [1.29, 1.82) is 0 Å². The van der Waals surface area contributed by atoms with Gasteiger partial charge in [0.25, 0.3) is 0 Å². The van der Waals surface area contributed by atoms with Crippen LogP contribution in [0.5, 0.6) is 11.5 Å². The maximum atomic E-state index is 10.3. The number of hydrogen-bond donors (Lipinski definition) is 3. The van der Waals surface area contributed by atoms with Crippen molar-refractivity contribution in [2.75, 3.05) is 33.9 Å². The van der Waals surface area contributed by atoms with Gasteiger partial charge >= 0.3 is 0 Å². The Labute approximate surface area is 120 Å². The fraction of sp³-hybridized carbons (Fsp3) is 0.600. The van der Waals surface area contributed by atoms with Gasteiger partial charge in [0.05, 0.1) is 20.3 Å². The number of benzene rings is 1. The molecule has 0 radical (unpaired) electrons. The van der Waals surface area contributed by atoms with Crippen molar-refractivity contribution in [1.82, 2.24) is 5.32 Å². The highest BCUT2D eigenvalue weighted by molar-refractivity contribution is 5.41. The van der Waals surface area contributed by atoms with E-state index in [1.165, 1.54) is 0 Å². The van der Waals surface area contributed by atoms with Gasteiger partial charge in [-0.2, -0.15) is 0 Å². The lowest BCUT2D eigenvalue weighted by Gasteiger charge is -2.23. The Hall–Kier alpha value is -1.30. The van der Waals surface area contributed by atoms with E-state index in [2.05, 4.69) is 5.32 Å². The lowest BCUT2D eigenvalue weighted by atomic mass is 9.95. The average molecular weight is 283 g/mol. The van der Waals surface area contributed by atoms with Crippen molar-refractivity contribution in [3.8, 4) is 11.5 Å². The molecular formula is C15H25NO4.